The fourth-order valence-corrected chi connectivity index (χ4v) is 4.26. The minimum Gasteiger partial charge on any atom is -0.343 e. The van der Waals surface area contributed by atoms with Crippen molar-refractivity contribution in [3.8, 4) is 0 Å². The summed E-state index contributed by atoms with van der Waals surface area (Å²) in [5.41, 5.74) is 1.23. The quantitative estimate of drug-likeness (QED) is 0.639. The Balaban J connectivity index is 1.52. The summed E-state index contributed by atoms with van der Waals surface area (Å²) in [7, 11) is 1.87. The molecule has 2 amide bonds. The van der Waals surface area contributed by atoms with E-state index in [2.05, 4.69) is 33.0 Å². The molecule has 6 heteroatoms. The molecule has 0 N–H and O–H groups in total. The Bertz CT molecular complexity index is 697. The molecule has 5 nitrogen and oxygen atoms in total. The molecule has 0 bridgehead atoms. The van der Waals surface area contributed by atoms with E-state index in [0.717, 1.165) is 23.9 Å². The summed E-state index contributed by atoms with van der Waals surface area (Å²) in [5.74, 6) is 0.471. The summed E-state index contributed by atoms with van der Waals surface area (Å²) >= 11 is 3.53. The van der Waals surface area contributed by atoms with Crippen LogP contribution in [0.2, 0.25) is 0 Å². The number of benzene rings is 1. The first-order valence-corrected chi connectivity index (χ1v) is 11.2. The number of amides is 2. The van der Waals surface area contributed by atoms with Gasteiger partial charge in [0.2, 0.25) is 11.8 Å². The van der Waals surface area contributed by atoms with Crippen LogP contribution < -0.4 is 0 Å². The Hall–Kier alpha value is -1.40. The predicted octanol–water partition coefficient (Wildman–Crippen LogP) is 3.52. The lowest BCUT2D eigenvalue weighted by atomic mass is 9.95. The Labute approximate surface area is 177 Å². The van der Waals surface area contributed by atoms with E-state index in [-0.39, 0.29) is 23.8 Å². The van der Waals surface area contributed by atoms with Gasteiger partial charge in [0.25, 0.3) is 0 Å². The van der Waals surface area contributed by atoms with Crippen molar-refractivity contribution in [2.75, 3.05) is 26.7 Å². The number of carbonyl (C=O) groups is 2. The first-order chi connectivity index (χ1) is 13.3. The molecule has 0 aromatic heterocycles. The van der Waals surface area contributed by atoms with Crippen LogP contribution in [0.5, 0.6) is 0 Å². The van der Waals surface area contributed by atoms with Gasteiger partial charge in [0.15, 0.2) is 0 Å². The zero-order valence-electron chi connectivity index (χ0n) is 17.2. The molecular weight excluding hydrogens is 418 g/mol. The fraction of sp³-hybridized carbons (Fsp3) is 0.636. The molecule has 154 valence electrons. The average molecular weight is 450 g/mol. The van der Waals surface area contributed by atoms with Gasteiger partial charge in [-0.2, -0.15) is 0 Å². The SMILES string of the molecule is CC(C)N(C)C(=O)C1CCN(C(=O)CN(Cc2cccc(Br)c2)C2CC2)CC1. The van der Waals surface area contributed by atoms with E-state index in [1.807, 2.05) is 42.8 Å². The molecule has 2 aliphatic rings. The number of carbonyl (C=O) groups excluding carboxylic acids is 2. The Morgan fingerprint density at radius 1 is 1.18 bits per heavy atom. The second-order valence-electron chi connectivity index (χ2n) is 8.46. The van der Waals surface area contributed by atoms with E-state index >= 15 is 0 Å². The van der Waals surface area contributed by atoms with Crippen LogP contribution >= 0.6 is 15.9 Å². The predicted molar refractivity (Wildman–Crippen MR) is 115 cm³/mol. The first kappa shape index (κ1) is 21.3. The van der Waals surface area contributed by atoms with Gasteiger partial charge in [0, 0.05) is 49.2 Å². The van der Waals surface area contributed by atoms with Crippen LogP contribution in [0.25, 0.3) is 0 Å². The van der Waals surface area contributed by atoms with Crippen molar-refractivity contribution < 1.29 is 9.59 Å². The normalized spacial score (nSPS) is 18.0. The van der Waals surface area contributed by atoms with E-state index in [0.29, 0.717) is 25.7 Å². The van der Waals surface area contributed by atoms with Crippen molar-refractivity contribution >= 4 is 27.7 Å². The molecule has 1 heterocycles. The maximum atomic E-state index is 12.9. The van der Waals surface area contributed by atoms with E-state index in [1.54, 1.807) is 0 Å². The van der Waals surface area contributed by atoms with Crippen molar-refractivity contribution in [1.29, 1.82) is 0 Å². The summed E-state index contributed by atoms with van der Waals surface area (Å²) in [6.07, 6.45) is 3.91. The number of piperidine rings is 1. The molecule has 0 unspecified atom stereocenters. The third-order valence-corrected chi connectivity index (χ3v) is 6.49. The highest BCUT2D eigenvalue weighted by atomic mass is 79.9. The summed E-state index contributed by atoms with van der Waals surface area (Å²) in [6, 6.07) is 9.06. The Morgan fingerprint density at radius 2 is 1.86 bits per heavy atom. The van der Waals surface area contributed by atoms with Crippen LogP contribution in [0.1, 0.15) is 45.1 Å². The highest BCUT2D eigenvalue weighted by molar-refractivity contribution is 9.10. The van der Waals surface area contributed by atoms with E-state index in [4.69, 9.17) is 0 Å². The average Bonchev–Trinajstić information content (AvgIpc) is 3.51. The lowest BCUT2D eigenvalue weighted by Gasteiger charge is -2.35. The minimum atomic E-state index is 0.0534. The number of likely N-dealkylation sites (tertiary alicyclic amines) is 1. The van der Waals surface area contributed by atoms with Crippen molar-refractivity contribution in [1.82, 2.24) is 14.7 Å². The monoisotopic (exact) mass is 449 g/mol. The van der Waals surface area contributed by atoms with Gasteiger partial charge in [0.1, 0.15) is 0 Å². The summed E-state index contributed by atoms with van der Waals surface area (Å²) in [6.45, 7) is 6.74. The number of nitrogens with zero attached hydrogens (tertiary/aromatic N) is 3. The van der Waals surface area contributed by atoms with Gasteiger partial charge in [-0.1, -0.05) is 28.1 Å². The molecule has 1 saturated heterocycles. The van der Waals surface area contributed by atoms with Gasteiger partial charge in [-0.05, 0) is 57.2 Å². The topological polar surface area (TPSA) is 43.9 Å². The Kier molecular flexibility index (Phi) is 7.15. The molecule has 0 atom stereocenters. The van der Waals surface area contributed by atoms with Crippen molar-refractivity contribution in [3.05, 3.63) is 34.3 Å². The molecule has 1 aromatic rings. The van der Waals surface area contributed by atoms with Crippen LogP contribution in [0, 0.1) is 5.92 Å². The van der Waals surface area contributed by atoms with Gasteiger partial charge < -0.3 is 9.80 Å². The molecule has 0 radical (unpaired) electrons. The molecule has 1 aliphatic carbocycles. The van der Waals surface area contributed by atoms with Gasteiger partial charge in [0.05, 0.1) is 6.54 Å². The lowest BCUT2D eigenvalue weighted by molar-refractivity contribution is -0.141. The lowest BCUT2D eigenvalue weighted by Crippen LogP contribution is -2.47. The third kappa shape index (κ3) is 5.57. The maximum absolute atomic E-state index is 12.9. The summed E-state index contributed by atoms with van der Waals surface area (Å²) < 4.78 is 1.07. The van der Waals surface area contributed by atoms with E-state index in [1.165, 1.54) is 18.4 Å². The minimum absolute atomic E-state index is 0.0534. The van der Waals surface area contributed by atoms with Crippen LogP contribution in [0.3, 0.4) is 0 Å². The summed E-state index contributed by atoms with van der Waals surface area (Å²) in [4.78, 5) is 31.5. The number of hydrogen-bond donors (Lipinski definition) is 0. The van der Waals surface area contributed by atoms with Gasteiger partial charge in [-0.3, -0.25) is 14.5 Å². The maximum Gasteiger partial charge on any atom is 0.236 e. The van der Waals surface area contributed by atoms with Crippen LogP contribution in [-0.2, 0) is 16.1 Å². The molecule has 3 rings (SSSR count). The highest BCUT2D eigenvalue weighted by Gasteiger charge is 2.33. The van der Waals surface area contributed by atoms with E-state index in [9.17, 15) is 9.59 Å². The van der Waals surface area contributed by atoms with Gasteiger partial charge in [-0.15, -0.1) is 0 Å². The van der Waals surface area contributed by atoms with Crippen molar-refractivity contribution in [3.63, 3.8) is 0 Å². The fourth-order valence-electron chi connectivity index (χ4n) is 3.82. The Morgan fingerprint density at radius 3 is 2.43 bits per heavy atom. The standard InChI is InChI=1S/C22H32BrN3O2/c1-16(2)24(3)22(28)18-9-11-25(12-10-18)21(27)15-26(20-7-8-20)14-17-5-4-6-19(23)13-17/h4-6,13,16,18,20H,7-12,14-15H2,1-3H3. The highest BCUT2D eigenvalue weighted by Crippen LogP contribution is 2.29. The second kappa shape index (κ2) is 9.40. The van der Waals surface area contributed by atoms with Gasteiger partial charge >= 0.3 is 0 Å². The number of hydrogen-bond acceptors (Lipinski definition) is 3. The largest absolute Gasteiger partial charge is 0.343 e. The number of rotatable bonds is 7. The second-order valence-corrected chi connectivity index (χ2v) is 9.38. The molecule has 0 spiro atoms. The first-order valence-electron chi connectivity index (χ1n) is 10.4. The molecule has 1 aliphatic heterocycles. The van der Waals surface area contributed by atoms with Crippen LogP contribution in [-0.4, -0.2) is 65.3 Å². The van der Waals surface area contributed by atoms with Crippen LogP contribution in [0.15, 0.2) is 28.7 Å². The van der Waals surface area contributed by atoms with Crippen molar-refractivity contribution in [2.45, 2.75) is 58.2 Å². The molecular formula is C22H32BrN3O2. The summed E-state index contributed by atoms with van der Waals surface area (Å²) in [5, 5.41) is 0. The van der Waals surface area contributed by atoms with Crippen molar-refractivity contribution in [2.24, 2.45) is 5.92 Å². The third-order valence-electron chi connectivity index (χ3n) is 6.00. The van der Waals surface area contributed by atoms with Gasteiger partial charge in [-0.25, -0.2) is 0 Å². The van der Waals surface area contributed by atoms with Crippen LogP contribution in [0.4, 0.5) is 0 Å². The van der Waals surface area contributed by atoms with E-state index < -0.39 is 0 Å². The zero-order chi connectivity index (χ0) is 20.3. The molecule has 2 fully saturated rings. The molecule has 1 saturated carbocycles. The molecule has 1 aromatic carbocycles. The smallest absolute Gasteiger partial charge is 0.236 e. The zero-order valence-corrected chi connectivity index (χ0v) is 18.8. The molecule has 28 heavy (non-hydrogen) atoms. The number of halogens is 1.